The third kappa shape index (κ3) is 4.13. The van der Waals surface area contributed by atoms with E-state index in [9.17, 15) is 14.4 Å². The fourth-order valence-corrected chi connectivity index (χ4v) is 3.77. The van der Waals surface area contributed by atoms with Gasteiger partial charge in [0.1, 0.15) is 17.9 Å². The second-order valence-corrected chi connectivity index (χ2v) is 7.34. The predicted molar refractivity (Wildman–Crippen MR) is 119 cm³/mol. The smallest absolute Gasteiger partial charge is 0.265 e. The van der Waals surface area contributed by atoms with Crippen molar-refractivity contribution in [3.8, 4) is 0 Å². The van der Waals surface area contributed by atoms with Gasteiger partial charge in [-0.05, 0) is 43.4 Å². The topological polar surface area (TPSA) is 96.6 Å². The molecule has 3 heterocycles. The normalized spacial score (nSPS) is 15.6. The van der Waals surface area contributed by atoms with E-state index in [1.807, 2.05) is 24.3 Å². The van der Waals surface area contributed by atoms with Crippen LogP contribution in [0.2, 0.25) is 0 Å². The van der Waals surface area contributed by atoms with Crippen molar-refractivity contribution in [1.82, 2.24) is 20.1 Å². The third-order valence-corrected chi connectivity index (χ3v) is 5.30. The summed E-state index contributed by atoms with van der Waals surface area (Å²) in [6.45, 7) is 2.51. The SMILES string of the molecule is CCN1C(=O)C(=Cc2cn(CC(=O)NCc3ccco3)c3ccccc23)C(=O)NC1=S. The number of fused-ring (bicyclic) bond motifs is 1. The van der Waals surface area contributed by atoms with Crippen molar-refractivity contribution >= 4 is 52.0 Å². The van der Waals surface area contributed by atoms with Gasteiger partial charge in [0.15, 0.2) is 5.11 Å². The monoisotopic (exact) mass is 436 g/mol. The first-order chi connectivity index (χ1) is 15.0. The van der Waals surface area contributed by atoms with Crippen LogP contribution in [0, 0.1) is 0 Å². The largest absolute Gasteiger partial charge is 0.467 e. The molecular weight excluding hydrogens is 416 g/mol. The fraction of sp³-hybridized carbons (Fsp3) is 0.182. The second kappa shape index (κ2) is 8.57. The number of hydrogen-bond acceptors (Lipinski definition) is 5. The Hall–Kier alpha value is -3.72. The number of benzene rings is 1. The number of thiocarbonyl (C=S) groups is 1. The van der Waals surface area contributed by atoms with E-state index in [2.05, 4.69) is 10.6 Å². The number of nitrogens with one attached hydrogen (secondary N) is 2. The maximum absolute atomic E-state index is 12.7. The molecule has 158 valence electrons. The van der Waals surface area contributed by atoms with Crippen molar-refractivity contribution in [2.24, 2.45) is 0 Å². The molecular formula is C22H20N4O4S. The Morgan fingerprint density at radius 3 is 2.77 bits per heavy atom. The van der Waals surface area contributed by atoms with Gasteiger partial charge in [0.05, 0.1) is 12.8 Å². The van der Waals surface area contributed by atoms with Crippen LogP contribution in [0.1, 0.15) is 18.2 Å². The van der Waals surface area contributed by atoms with Crippen LogP contribution in [0.15, 0.2) is 58.8 Å². The Labute approximate surface area is 183 Å². The lowest BCUT2D eigenvalue weighted by Crippen LogP contribution is -2.53. The Balaban J connectivity index is 1.63. The Kier molecular flexibility index (Phi) is 5.68. The van der Waals surface area contributed by atoms with Gasteiger partial charge < -0.3 is 14.3 Å². The quantitative estimate of drug-likeness (QED) is 0.351. The molecule has 0 saturated carbocycles. The van der Waals surface area contributed by atoms with Crippen molar-refractivity contribution < 1.29 is 18.8 Å². The number of furan rings is 1. The number of aromatic nitrogens is 1. The highest BCUT2D eigenvalue weighted by Crippen LogP contribution is 2.25. The summed E-state index contributed by atoms with van der Waals surface area (Å²) in [6.07, 6.45) is 4.85. The molecule has 1 aliphatic rings. The van der Waals surface area contributed by atoms with E-state index < -0.39 is 11.8 Å². The van der Waals surface area contributed by atoms with Crippen LogP contribution in [-0.4, -0.2) is 38.8 Å². The number of para-hydroxylation sites is 1. The van der Waals surface area contributed by atoms with Gasteiger partial charge >= 0.3 is 0 Å². The zero-order valence-electron chi connectivity index (χ0n) is 16.8. The molecule has 1 fully saturated rings. The summed E-state index contributed by atoms with van der Waals surface area (Å²) in [5.41, 5.74) is 1.48. The number of rotatable bonds is 6. The summed E-state index contributed by atoms with van der Waals surface area (Å²) in [4.78, 5) is 38.9. The van der Waals surface area contributed by atoms with E-state index in [1.165, 1.54) is 4.90 Å². The third-order valence-electron chi connectivity index (χ3n) is 4.98. The molecule has 2 N–H and O–H groups in total. The van der Waals surface area contributed by atoms with Crippen LogP contribution in [-0.2, 0) is 27.5 Å². The van der Waals surface area contributed by atoms with Crippen molar-refractivity contribution in [3.05, 3.63) is 65.8 Å². The van der Waals surface area contributed by atoms with Crippen molar-refractivity contribution in [1.29, 1.82) is 0 Å². The van der Waals surface area contributed by atoms with Crippen LogP contribution < -0.4 is 10.6 Å². The van der Waals surface area contributed by atoms with Gasteiger partial charge in [0.25, 0.3) is 11.8 Å². The average Bonchev–Trinajstić information content (AvgIpc) is 3.38. The first-order valence-corrected chi connectivity index (χ1v) is 10.1. The van der Waals surface area contributed by atoms with Gasteiger partial charge in [-0.3, -0.25) is 24.6 Å². The molecule has 31 heavy (non-hydrogen) atoms. The lowest BCUT2D eigenvalue weighted by molar-refractivity contribution is -0.128. The summed E-state index contributed by atoms with van der Waals surface area (Å²) in [7, 11) is 0. The Morgan fingerprint density at radius 2 is 2.03 bits per heavy atom. The molecule has 3 amide bonds. The summed E-state index contributed by atoms with van der Waals surface area (Å²) in [5, 5.41) is 6.29. The van der Waals surface area contributed by atoms with E-state index in [0.717, 1.165) is 10.9 Å². The van der Waals surface area contributed by atoms with Crippen LogP contribution >= 0.6 is 12.2 Å². The average molecular weight is 436 g/mol. The molecule has 0 radical (unpaired) electrons. The molecule has 3 aromatic rings. The molecule has 9 heteroatoms. The molecule has 4 rings (SSSR count). The number of likely N-dealkylation sites (N-methyl/N-ethyl adjacent to an activating group) is 1. The molecule has 2 aromatic heterocycles. The van der Waals surface area contributed by atoms with E-state index in [1.54, 1.807) is 42.2 Å². The molecule has 0 bridgehead atoms. The molecule has 8 nitrogen and oxygen atoms in total. The molecule has 0 atom stereocenters. The summed E-state index contributed by atoms with van der Waals surface area (Å²) in [6, 6.07) is 11.0. The van der Waals surface area contributed by atoms with Crippen molar-refractivity contribution in [2.75, 3.05) is 6.54 Å². The molecule has 1 aliphatic heterocycles. The Bertz CT molecular complexity index is 1210. The lowest BCUT2D eigenvalue weighted by atomic mass is 10.1. The zero-order chi connectivity index (χ0) is 22.0. The minimum atomic E-state index is -0.535. The van der Waals surface area contributed by atoms with Gasteiger partial charge in [-0.1, -0.05) is 18.2 Å². The highest BCUT2D eigenvalue weighted by molar-refractivity contribution is 7.80. The summed E-state index contributed by atoms with van der Waals surface area (Å²) >= 11 is 5.07. The number of carbonyl (C=O) groups excluding carboxylic acids is 3. The number of hydrogen-bond donors (Lipinski definition) is 2. The summed E-state index contributed by atoms with van der Waals surface area (Å²) in [5.74, 6) is -0.501. The van der Waals surface area contributed by atoms with Gasteiger partial charge in [0, 0.05) is 29.2 Å². The highest BCUT2D eigenvalue weighted by Gasteiger charge is 2.32. The first kappa shape index (κ1) is 20.5. The minimum Gasteiger partial charge on any atom is -0.467 e. The maximum atomic E-state index is 12.7. The van der Waals surface area contributed by atoms with Gasteiger partial charge in [0.2, 0.25) is 5.91 Å². The van der Waals surface area contributed by atoms with E-state index in [0.29, 0.717) is 24.4 Å². The van der Waals surface area contributed by atoms with E-state index >= 15 is 0 Å². The van der Waals surface area contributed by atoms with Crippen LogP contribution in [0.3, 0.4) is 0 Å². The molecule has 1 aromatic carbocycles. The lowest BCUT2D eigenvalue weighted by Gasteiger charge is -2.27. The molecule has 0 spiro atoms. The highest BCUT2D eigenvalue weighted by atomic mass is 32.1. The van der Waals surface area contributed by atoms with Gasteiger partial charge in [-0.2, -0.15) is 0 Å². The van der Waals surface area contributed by atoms with Crippen LogP contribution in [0.5, 0.6) is 0 Å². The second-order valence-electron chi connectivity index (χ2n) is 6.95. The summed E-state index contributed by atoms with van der Waals surface area (Å²) < 4.78 is 7.01. The Morgan fingerprint density at radius 1 is 1.23 bits per heavy atom. The zero-order valence-corrected chi connectivity index (χ0v) is 17.6. The molecule has 1 saturated heterocycles. The van der Waals surface area contributed by atoms with Gasteiger partial charge in [-0.15, -0.1) is 0 Å². The van der Waals surface area contributed by atoms with E-state index in [-0.39, 0.29) is 23.1 Å². The number of nitrogens with zero attached hydrogens (tertiary/aromatic N) is 2. The van der Waals surface area contributed by atoms with Crippen LogP contribution in [0.25, 0.3) is 17.0 Å². The van der Waals surface area contributed by atoms with Crippen LogP contribution in [0.4, 0.5) is 0 Å². The van der Waals surface area contributed by atoms with Gasteiger partial charge in [-0.25, -0.2) is 0 Å². The molecule has 0 aliphatic carbocycles. The maximum Gasteiger partial charge on any atom is 0.265 e. The fourth-order valence-electron chi connectivity index (χ4n) is 3.47. The molecule has 0 unspecified atom stereocenters. The van der Waals surface area contributed by atoms with Crippen molar-refractivity contribution in [3.63, 3.8) is 0 Å². The van der Waals surface area contributed by atoms with Crippen molar-refractivity contribution in [2.45, 2.75) is 20.0 Å². The number of carbonyl (C=O) groups is 3. The first-order valence-electron chi connectivity index (χ1n) is 9.73. The predicted octanol–water partition coefficient (Wildman–Crippen LogP) is 2.20. The minimum absolute atomic E-state index is 0.000578. The van der Waals surface area contributed by atoms with E-state index in [4.69, 9.17) is 16.6 Å². The number of amides is 3. The standard InChI is InChI=1S/C22H20N4O4S/c1-2-26-21(29)17(20(28)24-22(26)31)10-14-12-25(18-8-4-3-7-16(14)18)13-19(27)23-11-15-6-5-9-30-15/h3-10,12H,2,11,13H2,1H3,(H,23,27)(H,24,28,31).